The molecule has 2 amide bonds. The highest BCUT2D eigenvalue weighted by Gasteiger charge is 2.21. The normalized spacial score (nSPS) is 10.3. The summed E-state index contributed by atoms with van der Waals surface area (Å²) < 4.78 is 0. The average Bonchev–Trinajstić information content (AvgIpc) is 2.92. The van der Waals surface area contributed by atoms with Crippen LogP contribution in [0.25, 0.3) is 10.4 Å². The summed E-state index contributed by atoms with van der Waals surface area (Å²) in [6.45, 7) is 6.64. The predicted molar refractivity (Wildman–Crippen MR) is 91.3 cm³/mol. The summed E-state index contributed by atoms with van der Waals surface area (Å²) in [5.41, 5.74) is 1.60. The molecule has 0 saturated carbocycles. The van der Waals surface area contributed by atoms with Crippen LogP contribution in [0.4, 0.5) is 5.00 Å². The molecule has 4 nitrogen and oxygen atoms in total. The molecule has 2 rings (SSSR count). The van der Waals surface area contributed by atoms with Crippen LogP contribution in [0.5, 0.6) is 0 Å². The van der Waals surface area contributed by atoms with Crippen LogP contribution in [0.2, 0.25) is 0 Å². The Bertz CT molecular complexity index is 661. The van der Waals surface area contributed by atoms with Gasteiger partial charge >= 0.3 is 0 Å². The van der Waals surface area contributed by atoms with E-state index in [4.69, 9.17) is 0 Å². The molecule has 0 saturated heterocycles. The lowest BCUT2D eigenvalue weighted by Gasteiger charge is -2.18. The molecule has 0 unspecified atom stereocenters. The van der Waals surface area contributed by atoms with Crippen molar-refractivity contribution in [1.82, 2.24) is 4.90 Å². The van der Waals surface area contributed by atoms with Crippen molar-refractivity contribution in [2.24, 2.45) is 0 Å². The van der Waals surface area contributed by atoms with Crippen LogP contribution >= 0.6 is 11.3 Å². The number of carbonyl (C=O) groups excluding carboxylic acids is 2. The third kappa shape index (κ3) is 3.54. The van der Waals surface area contributed by atoms with Crippen LogP contribution in [0.1, 0.15) is 31.1 Å². The van der Waals surface area contributed by atoms with Gasteiger partial charge in [0.2, 0.25) is 5.91 Å². The van der Waals surface area contributed by atoms with Gasteiger partial charge in [0.15, 0.2) is 0 Å². The maximum atomic E-state index is 12.6. The minimum atomic E-state index is -0.171. The van der Waals surface area contributed by atoms with E-state index in [1.54, 1.807) is 4.90 Å². The summed E-state index contributed by atoms with van der Waals surface area (Å²) >= 11 is 1.43. The van der Waals surface area contributed by atoms with Crippen molar-refractivity contribution in [2.45, 2.75) is 20.8 Å². The van der Waals surface area contributed by atoms with Gasteiger partial charge in [0.05, 0.1) is 5.56 Å². The Hall–Kier alpha value is -2.14. The number of nitrogens with one attached hydrogen (secondary N) is 1. The van der Waals surface area contributed by atoms with E-state index >= 15 is 0 Å². The number of benzene rings is 1. The summed E-state index contributed by atoms with van der Waals surface area (Å²) in [6, 6.07) is 11.7. The van der Waals surface area contributed by atoms with Gasteiger partial charge < -0.3 is 10.2 Å². The van der Waals surface area contributed by atoms with Gasteiger partial charge in [-0.2, -0.15) is 0 Å². The summed E-state index contributed by atoms with van der Waals surface area (Å²) in [5.74, 6) is -0.220. The lowest BCUT2D eigenvalue weighted by molar-refractivity contribution is -0.114. The van der Waals surface area contributed by atoms with Crippen molar-refractivity contribution >= 4 is 28.2 Å². The van der Waals surface area contributed by atoms with Crippen LogP contribution in [-0.4, -0.2) is 29.8 Å². The van der Waals surface area contributed by atoms with Crippen LogP contribution in [0.3, 0.4) is 0 Å². The van der Waals surface area contributed by atoms with Crippen molar-refractivity contribution in [2.75, 3.05) is 18.4 Å². The lowest BCUT2D eigenvalue weighted by atomic mass is 10.1. The Kier molecular flexibility index (Phi) is 5.33. The van der Waals surface area contributed by atoms with Crippen LogP contribution < -0.4 is 5.32 Å². The highest BCUT2D eigenvalue weighted by Crippen LogP contribution is 2.36. The standard InChI is InChI=1S/C17H20N2O2S/c1-4-19(5-2)17(21)14-11-15(13-9-7-6-8-10-13)22-16(14)18-12(3)20/h6-11H,4-5H2,1-3H3,(H,18,20). The van der Waals surface area contributed by atoms with Crippen molar-refractivity contribution in [3.05, 3.63) is 42.0 Å². The largest absolute Gasteiger partial charge is 0.339 e. The van der Waals surface area contributed by atoms with Crippen molar-refractivity contribution in [3.63, 3.8) is 0 Å². The van der Waals surface area contributed by atoms with Crippen molar-refractivity contribution in [3.8, 4) is 10.4 Å². The van der Waals surface area contributed by atoms with E-state index in [9.17, 15) is 9.59 Å². The summed E-state index contributed by atoms with van der Waals surface area (Å²) in [4.78, 5) is 26.8. The Morgan fingerprint density at radius 1 is 1.14 bits per heavy atom. The van der Waals surface area contributed by atoms with E-state index in [1.165, 1.54) is 18.3 Å². The third-order valence-corrected chi connectivity index (χ3v) is 4.46. The monoisotopic (exact) mass is 316 g/mol. The fraction of sp³-hybridized carbons (Fsp3) is 0.294. The minimum absolute atomic E-state index is 0.0489. The molecular formula is C17H20N2O2S. The first kappa shape index (κ1) is 16.2. The number of amides is 2. The molecule has 1 aromatic heterocycles. The molecule has 1 heterocycles. The maximum absolute atomic E-state index is 12.6. The molecular weight excluding hydrogens is 296 g/mol. The average molecular weight is 316 g/mol. The number of hydrogen-bond acceptors (Lipinski definition) is 3. The quantitative estimate of drug-likeness (QED) is 0.910. The van der Waals surface area contributed by atoms with Gasteiger partial charge in [-0.25, -0.2) is 0 Å². The molecule has 2 aromatic rings. The summed E-state index contributed by atoms with van der Waals surface area (Å²) in [6.07, 6.45) is 0. The molecule has 0 bridgehead atoms. The van der Waals surface area contributed by atoms with Gasteiger partial charge in [-0.3, -0.25) is 9.59 Å². The SMILES string of the molecule is CCN(CC)C(=O)c1cc(-c2ccccc2)sc1NC(C)=O. The van der Waals surface area contributed by atoms with E-state index in [2.05, 4.69) is 5.32 Å². The fourth-order valence-electron chi connectivity index (χ4n) is 2.23. The second-order valence-corrected chi connectivity index (χ2v) is 5.93. The molecule has 0 aliphatic heterocycles. The van der Waals surface area contributed by atoms with Gasteiger partial charge in [0.1, 0.15) is 5.00 Å². The topological polar surface area (TPSA) is 49.4 Å². The zero-order chi connectivity index (χ0) is 16.1. The summed E-state index contributed by atoms with van der Waals surface area (Å²) in [5, 5.41) is 3.39. The minimum Gasteiger partial charge on any atom is -0.339 e. The molecule has 0 radical (unpaired) electrons. The molecule has 22 heavy (non-hydrogen) atoms. The molecule has 0 atom stereocenters. The summed E-state index contributed by atoms with van der Waals surface area (Å²) in [7, 11) is 0. The molecule has 0 fully saturated rings. The molecule has 1 N–H and O–H groups in total. The molecule has 0 spiro atoms. The maximum Gasteiger partial charge on any atom is 0.256 e. The Balaban J connectivity index is 2.45. The number of carbonyl (C=O) groups is 2. The van der Waals surface area contributed by atoms with Gasteiger partial charge in [-0.1, -0.05) is 30.3 Å². The number of nitrogens with zero attached hydrogens (tertiary/aromatic N) is 1. The van der Waals surface area contributed by atoms with E-state index in [1.807, 2.05) is 50.2 Å². The Morgan fingerprint density at radius 3 is 2.32 bits per heavy atom. The van der Waals surface area contributed by atoms with Gasteiger partial charge in [-0.15, -0.1) is 11.3 Å². The first-order chi connectivity index (χ1) is 10.6. The smallest absolute Gasteiger partial charge is 0.256 e. The number of thiophene rings is 1. The highest BCUT2D eigenvalue weighted by molar-refractivity contribution is 7.20. The third-order valence-electron chi connectivity index (χ3n) is 3.36. The van der Waals surface area contributed by atoms with E-state index < -0.39 is 0 Å². The molecule has 5 heteroatoms. The van der Waals surface area contributed by atoms with Crippen LogP contribution in [-0.2, 0) is 4.79 Å². The number of hydrogen-bond donors (Lipinski definition) is 1. The number of anilines is 1. The zero-order valence-corrected chi connectivity index (χ0v) is 13.9. The fourth-order valence-corrected chi connectivity index (χ4v) is 3.33. The Labute approximate surface area is 134 Å². The highest BCUT2D eigenvalue weighted by atomic mass is 32.1. The van der Waals surface area contributed by atoms with Crippen molar-refractivity contribution in [1.29, 1.82) is 0 Å². The van der Waals surface area contributed by atoms with Gasteiger partial charge in [0.25, 0.3) is 5.91 Å². The van der Waals surface area contributed by atoms with Crippen LogP contribution in [0, 0.1) is 0 Å². The first-order valence-corrected chi connectivity index (χ1v) is 8.14. The van der Waals surface area contributed by atoms with Crippen molar-refractivity contribution < 1.29 is 9.59 Å². The molecule has 1 aromatic carbocycles. The van der Waals surface area contributed by atoms with Gasteiger partial charge in [-0.05, 0) is 25.5 Å². The van der Waals surface area contributed by atoms with E-state index in [-0.39, 0.29) is 11.8 Å². The lowest BCUT2D eigenvalue weighted by Crippen LogP contribution is -2.30. The molecule has 0 aliphatic rings. The molecule has 116 valence electrons. The first-order valence-electron chi connectivity index (χ1n) is 7.32. The van der Waals surface area contributed by atoms with Gasteiger partial charge in [0, 0.05) is 24.9 Å². The van der Waals surface area contributed by atoms with E-state index in [0.717, 1.165) is 10.4 Å². The molecule has 0 aliphatic carbocycles. The zero-order valence-electron chi connectivity index (χ0n) is 13.1. The second kappa shape index (κ2) is 7.22. The number of rotatable bonds is 5. The second-order valence-electron chi connectivity index (χ2n) is 4.88. The van der Waals surface area contributed by atoms with Crippen LogP contribution in [0.15, 0.2) is 36.4 Å². The Morgan fingerprint density at radius 2 is 1.77 bits per heavy atom. The van der Waals surface area contributed by atoms with E-state index in [0.29, 0.717) is 23.7 Å². The predicted octanol–water partition coefficient (Wildman–Crippen LogP) is 3.86.